The van der Waals surface area contributed by atoms with E-state index in [2.05, 4.69) is 5.92 Å². The van der Waals surface area contributed by atoms with Gasteiger partial charge in [-0.25, -0.2) is 5.11 Å². The van der Waals surface area contributed by atoms with Gasteiger partial charge in [-0.3, -0.25) is 0 Å². The number of rotatable bonds is 11. The summed E-state index contributed by atoms with van der Waals surface area (Å²) in [5.41, 5.74) is 0. The highest BCUT2D eigenvalue weighted by Crippen LogP contribution is 2.10. The molecule has 0 aliphatic carbocycles. The first-order valence-corrected chi connectivity index (χ1v) is 6.43. The Morgan fingerprint density at radius 1 is 0.667 bits per heavy atom. The molecule has 0 spiro atoms. The van der Waals surface area contributed by atoms with Crippen LogP contribution in [0, 0.1) is 12.3 Å². The third-order valence-corrected chi connectivity index (χ3v) is 2.72. The van der Waals surface area contributed by atoms with E-state index in [-0.39, 0.29) is 6.61 Å². The summed E-state index contributed by atoms with van der Waals surface area (Å²) in [5, 5.41) is 10.2. The molecule has 1 heteroatoms. The monoisotopic (exact) mass is 209 g/mol. The molecule has 0 N–H and O–H groups in total. The zero-order valence-electron chi connectivity index (χ0n) is 9.97. The number of hydrogen-bond donors (Lipinski definition) is 0. The van der Waals surface area contributed by atoms with Crippen molar-refractivity contribution in [1.29, 1.82) is 0 Å². The summed E-state index contributed by atoms with van der Waals surface area (Å²) in [6.07, 6.45) is 18.5. The van der Waals surface area contributed by atoms with Gasteiger partial charge in [-0.1, -0.05) is 51.4 Å². The molecule has 0 saturated heterocycles. The number of unbranched alkanes of at least 4 members (excludes halogenated alkanes) is 10. The Labute approximate surface area is 95.3 Å². The molecular weight excluding hydrogens is 184 g/mol. The van der Waals surface area contributed by atoms with Gasteiger partial charge in [0.2, 0.25) is 0 Å². The van der Waals surface area contributed by atoms with Crippen LogP contribution in [0.25, 0.3) is 0 Å². The lowest BCUT2D eigenvalue weighted by Gasteiger charge is -2.01. The van der Waals surface area contributed by atoms with E-state index in [0.29, 0.717) is 0 Å². The van der Waals surface area contributed by atoms with E-state index in [4.69, 9.17) is 6.42 Å². The largest absolute Gasteiger partial charge is 0.237 e. The Kier molecular flexibility index (Phi) is 13.1. The summed E-state index contributed by atoms with van der Waals surface area (Å²) in [4.78, 5) is 0. The second kappa shape index (κ2) is 13.5. The molecule has 0 aromatic rings. The fraction of sp³-hybridized carbons (Fsp3) is 0.857. The summed E-state index contributed by atoms with van der Waals surface area (Å²) in [6.45, 7) is 0.106. The maximum Gasteiger partial charge on any atom is 0.0822 e. The summed E-state index contributed by atoms with van der Waals surface area (Å²) in [6, 6.07) is 0. The molecule has 87 valence electrons. The third kappa shape index (κ3) is 13.5. The van der Waals surface area contributed by atoms with Crippen LogP contribution < -0.4 is 0 Å². The van der Waals surface area contributed by atoms with Gasteiger partial charge in [0.1, 0.15) is 0 Å². The molecule has 1 nitrogen and oxygen atoms in total. The molecule has 0 heterocycles. The molecule has 0 atom stereocenters. The molecule has 0 rings (SSSR count). The van der Waals surface area contributed by atoms with Gasteiger partial charge in [-0.2, -0.15) is 0 Å². The van der Waals surface area contributed by atoms with Crippen molar-refractivity contribution in [2.75, 3.05) is 6.61 Å². The van der Waals surface area contributed by atoms with Crippen LogP contribution in [-0.2, 0) is 5.11 Å². The van der Waals surface area contributed by atoms with Gasteiger partial charge in [0.25, 0.3) is 0 Å². The van der Waals surface area contributed by atoms with Gasteiger partial charge in [-0.15, -0.1) is 12.3 Å². The number of terminal acetylenes is 1. The lowest BCUT2D eigenvalue weighted by molar-refractivity contribution is 0.186. The van der Waals surface area contributed by atoms with Crippen molar-refractivity contribution in [3.8, 4) is 12.3 Å². The second-order valence-electron chi connectivity index (χ2n) is 4.19. The lowest BCUT2D eigenvalue weighted by atomic mass is 10.1. The van der Waals surface area contributed by atoms with E-state index in [0.717, 1.165) is 19.3 Å². The van der Waals surface area contributed by atoms with Gasteiger partial charge < -0.3 is 0 Å². The Bertz CT molecular complexity index is 146. The highest BCUT2D eigenvalue weighted by molar-refractivity contribution is 4.82. The van der Waals surface area contributed by atoms with Gasteiger partial charge in [-0.05, 0) is 12.8 Å². The van der Waals surface area contributed by atoms with Gasteiger partial charge in [0.05, 0.1) is 6.61 Å². The van der Waals surface area contributed by atoms with E-state index in [1.807, 2.05) is 0 Å². The molecular formula is C14H25O. The highest BCUT2D eigenvalue weighted by Gasteiger charge is 1.92. The normalized spacial score (nSPS) is 10.1. The zero-order valence-corrected chi connectivity index (χ0v) is 9.97. The maximum atomic E-state index is 10.2. The minimum atomic E-state index is 0.106. The zero-order chi connectivity index (χ0) is 11.2. The first-order valence-electron chi connectivity index (χ1n) is 6.43. The van der Waals surface area contributed by atoms with Crippen molar-refractivity contribution >= 4 is 0 Å². The molecule has 0 saturated carbocycles. The van der Waals surface area contributed by atoms with Crippen molar-refractivity contribution in [3.05, 3.63) is 0 Å². The average molecular weight is 209 g/mol. The van der Waals surface area contributed by atoms with E-state index in [1.54, 1.807) is 0 Å². The van der Waals surface area contributed by atoms with Crippen molar-refractivity contribution in [3.63, 3.8) is 0 Å². The van der Waals surface area contributed by atoms with Gasteiger partial charge >= 0.3 is 0 Å². The van der Waals surface area contributed by atoms with E-state index in [1.165, 1.54) is 51.4 Å². The topological polar surface area (TPSA) is 19.9 Å². The van der Waals surface area contributed by atoms with Crippen molar-refractivity contribution in [2.24, 2.45) is 0 Å². The fourth-order valence-electron chi connectivity index (χ4n) is 1.74. The van der Waals surface area contributed by atoms with Crippen LogP contribution in [0.15, 0.2) is 0 Å². The summed E-state index contributed by atoms with van der Waals surface area (Å²) in [7, 11) is 0. The number of hydrogen-bond acceptors (Lipinski definition) is 0. The van der Waals surface area contributed by atoms with Gasteiger partial charge in [0.15, 0.2) is 0 Å². The minimum absolute atomic E-state index is 0.106. The third-order valence-electron chi connectivity index (χ3n) is 2.72. The SMILES string of the molecule is C#CCCCCCCCCCCCC[O]. The predicted molar refractivity (Wildman–Crippen MR) is 65.2 cm³/mol. The molecule has 0 aliphatic heterocycles. The minimum Gasteiger partial charge on any atom is -0.237 e. The Morgan fingerprint density at radius 2 is 1.07 bits per heavy atom. The van der Waals surface area contributed by atoms with Crippen LogP contribution in [0.3, 0.4) is 0 Å². The van der Waals surface area contributed by atoms with Crippen LogP contribution in [0.4, 0.5) is 0 Å². The summed E-state index contributed by atoms with van der Waals surface area (Å²) < 4.78 is 0. The van der Waals surface area contributed by atoms with Gasteiger partial charge in [0, 0.05) is 6.42 Å². The summed E-state index contributed by atoms with van der Waals surface area (Å²) in [5.74, 6) is 2.67. The molecule has 0 bridgehead atoms. The average Bonchev–Trinajstić information content (AvgIpc) is 2.26. The van der Waals surface area contributed by atoms with Crippen LogP contribution >= 0.6 is 0 Å². The Hall–Kier alpha value is -0.480. The quantitative estimate of drug-likeness (QED) is 0.356. The smallest absolute Gasteiger partial charge is 0.0822 e. The molecule has 0 fully saturated rings. The van der Waals surface area contributed by atoms with Crippen molar-refractivity contribution < 1.29 is 5.11 Å². The fourth-order valence-corrected chi connectivity index (χ4v) is 1.74. The molecule has 0 aromatic carbocycles. The molecule has 0 amide bonds. The predicted octanol–water partition coefficient (Wildman–Crippen LogP) is 4.34. The second-order valence-corrected chi connectivity index (χ2v) is 4.19. The van der Waals surface area contributed by atoms with Crippen LogP contribution in [0.5, 0.6) is 0 Å². The molecule has 15 heavy (non-hydrogen) atoms. The summed E-state index contributed by atoms with van der Waals surface area (Å²) >= 11 is 0. The maximum absolute atomic E-state index is 10.2. The molecule has 0 aliphatic rings. The van der Waals surface area contributed by atoms with E-state index < -0.39 is 0 Å². The Morgan fingerprint density at radius 3 is 1.47 bits per heavy atom. The molecule has 0 aromatic heterocycles. The van der Waals surface area contributed by atoms with Crippen LogP contribution in [0.2, 0.25) is 0 Å². The first kappa shape index (κ1) is 14.5. The van der Waals surface area contributed by atoms with E-state index >= 15 is 0 Å². The Balaban J connectivity index is 2.84. The molecule has 0 unspecified atom stereocenters. The molecule has 1 radical (unpaired) electrons. The van der Waals surface area contributed by atoms with Crippen LogP contribution in [0.1, 0.15) is 70.6 Å². The first-order chi connectivity index (χ1) is 7.41. The van der Waals surface area contributed by atoms with Crippen molar-refractivity contribution in [1.82, 2.24) is 0 Å². The highest BCUT2D eigenvalue weighted by atomic mass is 16.2. The van der Waals surface area contributed by atoms with E-state index in [9.17, 15) is 5.11 Å². The standard InChI is InChI=1S/C14H25O/c1-2-3-4-5-6-7-8-9-10-11-12-13-14-15/h1H,3-14H2. The lowest BCUT2D eigenvalue weighted by Crippen LogP contribution is -1.83. The van der Waals surface area contributed by atoms with Crippen molar-refractivity contribution in [2.45, 2.75) is 70.6 Å². The van der Waals surface area contributed by atoms with Crippen LogP contribution in [-0.4, -0.2) is 6.61 Å².